The van der Waals surface area contributed by atoms with Gasteiger partial charge in [0, 0.05) is 12.6 Å². The molecule has 0 amide bonds. The Balaban J connectivity index is 2.54. The number of hydrogen-bond donors (Lipinski definition) is 2. The fourth-order valence-electron chi connectivity index (χ4n) is 2.45. The molecule has 0 aliphatic carbocycles. The van der Waals surface area contributed by atoms with E-state index in [1.165, 1.54) is 0 Å². The molecule has 5 heteroatoms. The second kappa shape index (κ2) is 5.47. The lowest BCUT2D eigenvalue weighted by Crippen LogP contribution is -2.53. The molecule has 1 aliphatic rings. The molecule has 1 heterocycles. The van der Waals surface area contributed by atoms with E-state index in [-0.39, 0.29) is 22.6 Å². The maximum absolute atomic E-state index is 12.0. The van der Waals surface area contributed by atoms with Gasteiger partial charge in [-0.2, -0.15) is 0 Å². The minimum absolute atomic E-state index is 0.155. The highest BCUT2D eigenvalue weighted by atomic mass is 32.2. The van der Waals surface area contributed by atoms with Crippen LogP contribution in [0.3, 0.4) is 0 Å². The van der Waals surface area contributed by atoms with Crippen LogP contribution in [0.25, 0.3) is 0 Å². The fraction of sp³-hybridized carbons (Fsp3) is 1.00. The summed E-state index contributed by atoms with van der Waals surface area (Å²) in [5, 5.41) is 3.42. The molecule has 1 fully saturated rings. The molecule has 1 rings (SSSR count). The molecule has 1 saturated heterocycles. The van der Waals surface area contributed by atoms with E-state index < -0.39 is 10.0 Å². The molecule has 0 aromatic heterocycles. The summed E-state index contributed by atoms with van der Waals surface area (Å²) in [7, 11) is -3.18. The first-order valence-electron chi connectivity index (χ1n) is 6.73. The summed E-state index contributed by atoms with van der Waals surface area (Å²) >= 11 is 0. The van der Waals surface area contributed by atoms with Crippen LogP contribution >= 0.6 is 0 Å². The van der Waals surface area contributed by atoms with Crippen LogP contribution in [0, 0.1) is 10.8 Å². The number of piperidine rings is 1. The van der Waals surface area contributed by atoms with Crippen molar-refractivity contribution < 1.29 is 8.42 Å². The molecule has 108 valence electrons. The highest BCUT2D eigenvalue weighted by molar-refractivity contribution is 7.89. The monoisotopic (exact) mass is 276 g/mol. The normalized spacial score (nSPS) is 25.1. The van der Waals surface area contributed by atoms with Crippen molar-refractivity contribution in [3.05, 3.63) is 0 Å². The van der Waals surface area contributed by atoms with Gasteiger partial charge in [0.15, 0.2) is 0 Å². The van der Waals surface area contributed by atoms with Gasteiger partial charge in [-0.25, -0.2) is 13.1 Å². The summed E-state index contributed by atoms with van der Waals surface area (Å²) < 4.78 is 26.7. The smallest absolute Gasteiger partial charge is 0.212 e. The Hall–Kier alpha value is -0.130. The number of rotatable bonds is 4. The summed E-state index contributed by atoms with van der Waals surface area (Å²) in [6, 6.07) is 0.223. The van der Waals surface area contributed by atoms with Gasteiger partial charge in [0.25, 0.3) is 0 Å². The van der Waals surface area contributed by atoms with Crippen LogP contribution in [0.4, 0.5) is 0 Å². The van der Waals surface area contributed by atoms with E-state index in [4.69, 9.17) is 0 Å². The molecule has 0 aromatic rings. The second-order valence-electron chi connectivity index (χ2n) is 7.27. The quantitative estimate of drug-likeness (QED) is 0.822. The second-order valence-corrected chi connectivity index (χ2v) is 9.07. The highest BCUT2D eigenvalue weighted by Gasteiger charge is 2.33. The SMILES string of the molecule is CC(C)(C)CS(=O)(=O)NCC1NCCCC1(C)C. The van der Waals surface area contributed by atoms with Crippen molar-refractivity contribution in [2.24, 2.45) is 10.8 Å². The number of hydrogen-bond acceptors (Lipinski definition) is 3. The Morgan fingerprint density at radius 2 is 1.94 bits per heavy atom. The van der Waals surface area contributed by atoms with Crippen molar-refractivity contribution in [3.8, 4) is 0 Å². The molecule has 18 heavy (non-hydrogen) atoms. The minimum atomic E-state index is -3.18. The molecule has 2 N–H and O–H groups in total. The Kier molecular flexibility index (Phi) is 4.84. The van der Waals surface area contributed by atoms with Gasteiger partial charge >= 0.3 is 0 Å². The predicted octanol–water partition coefficient (Wildman–Crippen LogP) is 1.73. The summed E-state index contributed by atoms with van der Waals surface area (Å²) in [6.07, 6.45) is 2.31. The van der Waals surface area contributed by atoms with Gasteiger partial charge in [0.1, 0.15) is 0 Å². The van der Waals surface area contributed by atoms with Crippen molar-refractivity contribution in [1.29, 1.82) is 0 Å². The van der Waals surface area contributed by atoms with Crippen molar-refractivity contribution in [3.63, 3.8) is 0 Å². The first-order chi connectivity index (χ1) is 8.02. The molecule has 0 saturated carbocycles. The van der Waals surface area contributed by atoms with Crippen molar-refractivity contribution in [1.82, 2.24) is 10.0 Å². The molecule has 1 atom stereocenters. The third kappa shape index (κ3) is 5.24. The topological polar surface area (TPSA) is 58.2 Å². The minimum Gasteiger partial charge on any atom is -0.312 e. The molecule has 4 nitrogen and oxygen atoms in total. The molecular formula is C13H28N2O2S. The van der Waals surface area contributed by atoms with Crippen LogP contribution in [0.5, 0.6) is 0 Å². The van der Waals surface area contributed by atoms with Crippen LogP contribution < -0.4 is 10.0 Å². The molecule has 1 unspecified atom stereocenters. The Morgan fingerprint density at radius 1 is 1.33 bits per heavy atom. The number of nitrogens with one attached hydrogen (secondary N) is 2. The van der Waals surface area contributed by atoms with E-state index in [0.717, 1.165) is 19.4 Å². The highest BCUT2D eigenvalue weighted by Crippen LogP contribution is 2.29. The average molecular weight is 276 g/mol. The lowest BCUT2D eigenvalue weighted by molar-refractivity contribution is 0.181. The molecule has 0 bridgehead atoms. The van der Waals surface area contributed by atoms with Crippen molar-refractivity contribution in [2.75, 3.05) is 18.8 Å². The van der Waals surface area contributed by atoms with E-state index in [1.54, 1.807) is 0 Å². The van der Waals surface area contributed by atoms with Gasteiger partial charge in [-0.05, 0) is 30.2 Å². The fourth-order valence-corrected chi connectivity index (χ4v) is 4.11. The largest absolute Gasteiger partial charge is 0.312 e. The van der Waals surface area contributed by atoms with Gasteiger partial charge in [-0.1, -0.05) is 34.6 Å². The molecule has 0 aromatic carbocycles. The van der Waals surface area contributed by atoms with E-state index in [0.29, 0.717) is 6.54 Å². The maximum atomic E-state index is 12.0. The lowest BCUT2D eigenvalue weighted by atomic mass is 9.78. The molecular weight excluding hydrogens is 248 g/mol. The van der Waals surface area contributed by atoms with Crippen molar-refractivity contribution >= 4 is 10.0 Å². The zero-order valence-electron chi connectivity index (χ0n) is 12.3. The molecule has 0 radical (unpaired) electrons. The van der Waals surface area contributed by atoms with Crippen molar-refractivity contribution in [2.45, 2.75) is 53.5 Å². The first kappa shape index (κ1) is 15.9. The maximum Gasteiger partial charge on any atom is 0.212 e. The van der Waals surface area contributed by atoms with Crippen LogP contribution in [-0.4, -0.2) is 33.3 Å². The molecule has 0 spiro atoms. The zero-order chi connectivity index (χ0) is 14.0. The van der Waals surface area contributed by atoms with Gasteiger partial charge in [-0.15, -0.1) is 0 Å². The summed E-state index contributed by atoms with van der Waals surface area (Å²) in [6.45, 7) is 11.7. The summed E-state index contributed by atoms with van der Waals surface area (Å²) in [5.41, 5.74) is -0.0517. The van der Waals surface area contributed by atoms with E-state index >= 15 is 0 Å². The van der Waals surface area contributed by atoms with Gasteiger partial charge < -0.3 is 5.32 Å². The van der Waals surface area contributed by atoms with E-state index in [1.807, 2.05) is 20.8 Å². The van der Waals surface area contributed by atoms with Crippen LogP contribution in [0.1, 0.15) is 47.5 Å². The number of sulfonamides is 1. The summed E-state index contributed by atoms with van der Waals surface area (Å²) in [5.74, 6) is 0.174. The lowest BCUT2D eigenvalue weighted by Gasteiger charge is -2.39. The van der Waals surface area contributed by atoms with Gasteiger partial charge in [0.05, 0.1) is 5.75 Å². The average Bonchev–Trinajstić information content (AvgIpc) is 2.11. The van der Waals surface area contributed by atoms with Crippen LogP contribution in [0.2, 0.25) is 0 Å². The third-order valence-electron chi connectivity index (χ3n) is 3.46. The van der Waals surface area contributed by atoms with Crippen LogP contribution in [-0.2, 0) is 10.0 Å². The predicted molar refractivity (Wildman–Crippen MR) is 76.1 cm³/mol. The van der Waals surface area contributed by atoms with Crippen LogP contribution in [0.15, 0.2) is 0 Å². The van der Waals surface area contributed by atoms with E-state index in [9.17, 15) is 8.42 Å². The third-order valence-corrected chi connectivity index (χ3v) is 5.31. The van der Waals surface area contributed by atoms with Gasteiger partial charge in [-0.3, -0.25) is 0 Å². The van der Waals surface area contributed by atoms with E-state index in [2.05, 4.69) is 23.9 Å². The van der Waals surface area contributed by atoms with Gasteiger partial charge in [0.2, 0.25) is 10.0 Å². The Morgan fingerprint density at radius 3 is 2.44 bits per heavy atom. The summed E-state index contributed by atoms with van der Waals surface area (Å²) in [4.78, 5) is 0. The molecule has 1 aliphatic heterocycles. The Labute approximate surface area is 112 Å². The first-order valence-corrected chi connectivity index (χ1v) is 8.38. The zero-order valence-corrected chi connectivity index (χ0v) is 13.2. The Bertz CT molecular complexity index is 369. The standard InChI is InChI=1S/C13H28N2O2S/c1-12(2,3)10-18(16,17)15-9-11-13(4,5)7-6-8-14-11/h11,14-15H,6-10H2,1-5H3.